The van der Waals surface area contributed by atoms with Crippen LogP contribution in [-0.4, -0.2) is 29.9 Å². The molecule has 42 heavy (non-hydrogen) atoms. The Kier molecular flexibility index (Phi) is 5.67. The van der Waals surface area contributed by atoms with Gasteiger partial charge in [0, 0.05) is 16.5 Å². The molecular weight excluding hydrogens is 516 g/mol. The summed E-state index contributed by atoms with van der Waals surface area (Å²) >= 11 is 0. The molecule has 8 aromatic rings. The topological polar surface area (TPSA) is 77.3 Å². The van der Waals surface area contributed by atoms with Crippen LogP contribution in [-0.2, 0) is 0 Å². The molecule has 0 spiro atoms. The zero-order chi connectivity index (χ0) is 27.9. The van der Waals surface area contributed by atoms with Crippen LogP contribution in [0, 0.1) is 0 Å². The van der Waals surface area contributed by atoms with E-state index in [4.69, 9.17) is 29.9 Å². The number of nitrogens with zero attached hydrogens (tertiary/aromatic N) is 6. The zero-order valence-corrected chi connectivity index (χ0v) is 22.4. The molecule has 196 valence electrons. The predicted molar refractivity (Wildman–Crippen MR) is 167 cm³/mol. The second-order valence-corrected chi connectivity index (χ2v) is 10.1. The lowest BCUT2D eigenvalue weighted by molar-refractivity contribution is 1.05. The third kappa shape index (κ3) is 4.41. The summed E-state index contributed by atoms with van der Waals surface area (Å²) in [6, 6.07) is 41.1. The number of benzene rings is 5. The highest BCUT2D eigenvalue weighted by atomic mass is 15.1. The number of hydrogen-bond donors (Lipinski definition) is 0. The maximum absolute atomic E-state index is 4.93. The van der Waals surface area contributed by atoms with Gasteiger partial charge in [0.05, 0.1) is 23.6 Å². The summed E-state index contributed by atoms with van der Waals surface area (Å²) in [5, 5.41) is 5.65. The summed E-state index contributed by atoms with van der Waals surface area (Å²) in [7, 11) is 0. The number of para-hydroxylation sites is 1. The van der Waals surface area contributed by atoms with Crippen LogP contribution in [0.3, 0.4) is 0 Å². The standard InChI is InChI=1S/C36H22N6/c1-3-10-26-19-28(15-13-23(26)7-1)34-40-35(29-16-14-24-8-2-4-11-27(24)20-29)42-36(41-34)33-22-37-32(21-38-33)31-18-17-25-9-5-6-12-30(25)39-31/h1-22H. The summed E-state index contributed by atoms with van der Waals surface area (Å²) < 4.78 is 0. The lowest BCUT2D eigenvalue weighted by Crippen LogP contribution is -2.02. The summed E-state index contributed by atoms with van der Waals surface area (Å²) in [5.74, 6) is 1.62. The Morgan fingerprint density at radius 1 is 0.333 bits per heavy atom. The third-order valence-electron chi connectivity index (χ3n) is 7.39. The molecule has 6 nitrogen and oxygen atoms in total. The van der Waals surface area contributed by atoms with Crippen LogP contribution < -0.4 is 0 Å². The number of aromatic nitrogens is 6. The van der Waals surface area contributed by atoms with Gasteiger partial charge in [0.2, 0.25) is 0 Å². The van der Waals surface area contributed by atoms with E-state index in [1.165, 1.54) is 0 Å². The molecule has 0 aliphatic heterocycles. The van der Waals surface area contributed by atoms with Crippen molar-refractivity contribution in [2.24, 2.45) is 0 Å². The molecule has 0 amide bonds. The monoisotopic (exact) mass is 538 g/mol. The van der Waals surface area contributed by atoms with Crippen molar-refractivity contribution in [1.29, 1.82) is 0 Å². The molecular formula is C36H22N6. The normalized spacial score (nSPS) is 11.3. The maximum Gasteiger partial charge on any atom is 0.184 e. The fraction of sp³-hybridized carbons (Fsp3) is 0. The van der Waals surface area contributed by atoms with Crippen molar-refractivity contribution in [3.8, 4) is 45.7 Å². The van der Waals surface area contributed by atoms with E-state index in [9.17, 15) is 0 Å². The Labute approximate surface area is 241 Å². The summed E-state index contributed by atoms with van der Waals surface area (Å²) in [6.07, 6.45) is 3.43. The fourth-order valence-corrected chi connectivity index (χ4v) is 5.19. The molecule has 0 saturated heterocycles. The minimum atomic E-state index is 0.460. The molecule has 0 radical (unpaired) electrons. The van der Waals surface area contributed by atoms with Crippen LogP contribution in [0.4, 0.5) is 0 Å². The molecule has 0 fully saturated rings. The van der Waals surface area contributed by atoms with Gasteiger partial charge < -0.3 is 0 Å². The second-order valence-electron chi connectivity index (χ2n) is 10.1. The minimum absolute atomic E-state index is 0.460. The van der Waals surface area contributed by atoms with E-state index >= 15 is 0 Å². The van der Waals surface area contributed by atoms with Crippen LogP contribution in [0.1, 0.15) is 0 Å². The van der Waals surface area contributed by atoms with Crippen molar-refractivity contribution in [2.45, 2.75) is 0 Å². The van der Waals surface area contributed by atoms with Gasteiger partial charge in [-0.3, -0.25) is 4.98 Å². The molecule has 3 heterocycles. The number of hydrogen-bond acceptors (Lipinski definition) is 6. The van der Waals surface area contributed by atoms with Gasteiger partial charge >= 0.3 is 0 Å². The van der Waals surface area contributed by atoms with E-state index in [0.717, 1.165) is 49.3 Å². The molecule has 0 bridgehead atoms. The minimum Gasteiger partial charge on any atom is -0.251 e. The van der Waals surface area contributed by atoms with Crippen molar-refractivity contribution >= 4 is 32.4 Å². The van der Waals surface area contributed by atoms with Crippen molar-refractivity contribution < 1.29 is 0 Å². The molecule has 6 heteroatoms. The molecule has 0 unspecified atom stereocenters. The van der Waals surface area contributed by atoms with Gasteiger partial charge in [-0.1, -0.05) is 97.1 Å². The first-order valence-electron chi connectivity index (χ1n) is 13.7. The number of fused-ring (bicyclic) bond motifs is 3. The van der Waals surface area contributed by atoms with Crippen LogP contribution in [0.5, 0.6) is 0 Å². The first-order valence-corrected chi connectivity index (χ1v) is 13.7. The molecule has 0 aliphatic carbocycles. The Morgan fingerprint density at radius 2 is 0.833 bits per heavy atom. The predicted octanol–water partition coefficient (Wildman–Crippen LogP) is 8.18. The Bertz CT molecular complexity index is 2160. The first-order chi connectivity index (χ1) is 20.8. The van der Waals surface area contributed by atoms with Gasteiger partial charge in [-0.05, 0) is 45.8 Å². The molecule has 0 aliphatic rings. The first kappa shape index (κ1) is 24.0. The smallest absolute Gasteiger partial charge is 0.184 e. The van der Waals surface area contributed by atoms with Crippen LogP contribution in [0.2, 0.25) is 0 Å². The van der Waals surface area contributed by atoms with E-state index in [-0.39, 0.29) is 0 Å². The molecule has 3 aromatic heterocycles. The van der Waals surface area contributed by atoms with Gasteiger partial charge in [0.1, 0.15) is 11.4 Å². The Balaban J connectivity index is 1.25. The zero-order valence-electron chi connectivity index (χ0n) is 22.4. The van der Waals surface area contributed by atoms with E-state index in [1.54, 1.807) is 12.4 Å². The SMILES string of the molecule is c1ccc2cc(-c3nc(-c4ccc5ccccc5c4)nc(-c4cnc(-c5ccc6ccccc6n5)cn4)n3)ccc2c1. The lowest BCUT2D eigenvalue weighted by atomic mass is 10.1. The van der Waals surface area contributed by atoms with Crippen molar-refractivity contribution in [3.63, 3.8) is 0 Å². The van der Waals surface area contributed by atoms with Crippen LogP contribution >= 0.6 is 0 Å². The average Bonchev–Trinajstić information content (AvgIpc) is 3.07. The average molecular weight is 539 g/mol. The van der Waals surface area contributed by atoms with Gasteiger partial charge in [0.15, 0.2) is 17.5 Å². The summed E-state index contributed by atoms with van der Waals surface area (Å²) in [6.45, 7) is 0. The van der Waals surface area contributed by atoms with Gasteiger partial charge in [-0.15, -0.1) is 0 Å². The highest BCUT2D eigenvalue weighted by molar-refractivity contribution is 5.88. The molecule has 0 saturated carbocycles. The molecule has 0 N–H and O–H groups in total. The van der Waals surface area contributed by atoms with Crippen molar-refractivity contribution in [1.82, 2.24) is 29.9 Å². The molecule has 0 atom stereocenters. The molecule has 5 aromatic carbocycles. The quantitative estimate of drug-likeness (QED) is 0.225. The van der Waals surface area contributed by atoms with E-state index in [0.29, 0.717) is 28.9 Å². The van der Waals surface area contributed by atoms with E-state index in [1.807, 2.05) is 72.8 Å². The summed E-state index contributed by atoms with van der Waals surface area (Å²) in [4.78, 5) is 28.8. The highest BCUT2D eigenvalue weighted by Gasteiger charge is 2.15. The van der Waals surface area contributed by atoms with E-state index < -0.39 is 0 Å². The van der Waals surface area contributed by atoms with Crippen LogP contribution in [0.15, 0.2) is 134 Å². The maximum atomic E-state index is 4.93. The van der Waals surface area contributed by atoms with Gasteiger partial charge in [-0.25, -0.2) is 24.9 Å². The number of pyridine rings is 1. The number of rotatable bonds is 4. The fourth-order valence-electron chi connectivity index (χ4n) is 5.19. The third-order valence-corrected chi connectivity index (χ3v) is 7.39. The van der Waals surface area contributed by atoms with Gasteiger partial charge in [0.25, 0.3) is 0 Å². The van der Waals surface area contributed by atoms with Crippen molar-refractivity contribution in [3.05, 3.63) is 134 Å². The second kappa shape index (κ2) is 9.94. The largest absolute Gasteiger partial charge is 0.251 e. The Morgan fingerprint density at radius 3 is 1.45 bits per heavy atom. The van der Waals surface area contributed by atoms with Gasteiger partial charge in [-0.2, -0.15) is 0 Å². The van der Waals surface area contributed by atoms with E-state index in [2.05, 4.69) is 48.5 Å². The highest BCUT2D eigenvalue weighted by Crippen LogP contribution is 2.28. The summed E-state index contributed by atoms with van der Waals surface area (Å²) in [5.41, 5.74) is 4.73. The lowest BCUT2D eigenvalue weighted by Gasteiger charge is -2.09. The van der Waals surface area contributed by atoms with Crippen LogP contribution in [0.25, 0.3) is 78.1 Å². The molecule has 8 rings (SSSR count). The van der Waals surface area contributed by atoms with Crippen molar-refractivity contribution in [2.75, 3.05) is 0 Å². The Hall–Kier alpha value is -5.88.